The number of hydrogen-bond acceptors (Lipinski definition) is 4. The molecule has 0 unspecified atom stereocenters. The van der Waals surface area contributed by atoms with E-state index >= 15 is 0 Å². The molecule has 0 bridgehead atoms. The van der Waals surface area contributed by atoms with Crippen LogP contribution in [0.3, 0.4) is 0 Å². The monoisotopic (exact) mass is 410 g/mol. The van der Waals surface area contributed by atoms with Gasteiger partial charge in [-0.2, -0.15) is 0 Å². The molecule has 22 heavy (non-hydrogen) atoms. The number of halogens is 1. The topological polar surface area (TPSA) is 87.6 Å². The maximum atomic E-state index is 11.2. The first kappa shape index (κ1) is 15.1. The van der Waals surface area contributed by atoms with E-state index in [1.165, 1.54) is 0 Å². The number of nitrogen functional groups attached to an aromatic ring is 1. The number of carbonyl (C=O) groups is 1. The summed E-state index contributed by atoms with van der Waals surface area (Å²) in [6.07, 6.45) is 1.97. The Hall–Kier alpha value is -1.80. The zero-order valence-electron chi connectivity index (χ0n) is 11.7. The minimum Gasteiger partial charge on any atom is -0.457 e. The SMILES string of the molecule is NC(=O)c1ccc(Oc2cccc3c2CC[C@H]3OI)cc1N. The van der Waals surface area contributed by atoms with Crippen molar-refractivity contribution in [2.24, 2.45) is 5.73 Å². The van der Waals surface area contributed by atoms with Gasteiger partial charge in [0.05, 0.1) is 11.7 Å². The fourth-order valence-electron chi connectivity index (χ4n) is 2.73. The van der Waals surface area contributed by atoms with E-state index in [0.29, 0.717) is 17.0 Å². The van der Waals surface area contributed by atoms with Crippen LogP contribution in [0.15, 0.2) is 36.4 Å². The predicted molar refractivity (Wildman–Crippen MR) is 92.1 cm³/mol. The molecular formula is C16H15IN2O3. The van der Waals surface area contributed by atoms with Gasteiger partial charge in [0.25, 0.3) is 5.91 Å². The average Bonchev–Trinajstić information content (AvgIpc) is 2.91. The summed E-state index contributed by atoms with van der Waals surface area (Å²) < 4.78 is 11.4. The standard InChI is InChI=1S/C16H15IN2O3/c17-22-15-7-6-11-10(15)2-1-3-14(11)21-9-4-5-12(16(19)20)13(18)8-9/h1-5,8,15H,6-7,18H2,(H2,19,20)/t15-/m1/s1. The molecule has 6 heteroatoms. The molecule has 1 atom stereocenters. The van der Waals surface area contributed by atoms with E-state index in [-0.39, 0.29) is 6.10 Å². The molecule has 0 fully saturated rings. The summed E-state index contributed by atoms with van der Waals surface area (Å²) in [7, 11) is 0. The number of benzene rings is 2. The highest BCUT2D eigenvalue weighted by atomic mass is 127. The lowest BCUT2D eigenvalue weighted by atomic mass is 10.1. The van der Waals surface area contributed by atoms with E-state index in [1.54, 1.807) is 18.2 Å². The number of rotatable bonds is 4. The Balaban J connectivity index is 1.90. The van der Waals surface area contributed by atoms with Crippen LogP contribution in [0.1, 0.15) is 34.0 Å². The summed E-state index contributed by atoms with van der Waals surface area (Å²) in [5.41, 5.74) is 14.0. The van der Waals surface area contributed by atoms with Crippen molar-refractivity contribution in [3.05, 3.63) is 53.1 Å². The Morgan fingerprint density at radius 2 is 2.09 bits per heavy atom. The molecule has 4 N–H and O–H groups in total. The molecule has 0 spiro atoms. The van der Waals surface area contributed by atoms with Crippen molar-refractivity contribution in [1.82, 2.24) is 0 Å². The van der Waals surface area contributed by atoms with Crippen molar-refractivity contribution < 1.29 is 12.6 Å². The molecule has 2 aromatic carbocycles. The molecule has 5 nitrogen and oxygen atoms in total. The summed E-state index contributed by atoms with van der Waals surface area (Å²) in [5.74, 6) is 0.820. The number of ether oxygens (including phenoxy) is 1. The normalized spacial score (nSPS) is 16.3. The number of amides is 1. The van der Waals surface area contributed by atoms with Gasteiger partial charge in [0.2, 0.25) is 0 Å². The number of nitrogens with two attached hydrogens (primary N) is 2. The summed E-state index contributed by atoms with van der Waals surface area (Å²) in [5, 5.41) is 0. The largest absolute Gasteiger partial charge is 0.457 e. The number of primary amides is 1. The fraction of sp³-hybridized carbons (Fsp3) is 0.188. The third-order valence-electron chi connectivity index (χ3n) is 3.80. The molecular weight excluding hydrogens is 395 g/mol. The second kappa shape index (κ2) is 6.13. The lowest BCUT2D eigenvalue weighted by Gasteiger charge is -2.12. The van der Waals surface area contributed by atoms with E-state index in [1.807, 2.05) is 35.1 Å². The fourth-order valence-corrected chi connectivity index (χ4v) is 3.25. The van der Waals surface area contributed by atoms with Gasteiger partial charge in [0.1, 0.15) is 34.5 Å². The van der Waals surface area contributed by atoms with Crippen molar-refractivity contribution in [1.29, 1.82) is 0 Å². The van der Waals surface area contributed by atoms with Crippen LogP contribution in [0, 0.1) is 0 Å². The Morgan fingerprint density at radius 1 is 1.27 bits per heavy atom. The van der Waals surface area contributed by atoms with Crippen LogP contribution < -0.4 is 16.2 Å². The predicted octanol–water partition coefficient (Wildman–Crippen LogP) is 3.51. The molecule has 114 valence electrons. The lowest BCUT2D eigenvalue weighted by Crippen LogP contribution is -2.13. The van der Waals surface area contributed by atoms with Crippen LogP contribution in [-0.2, 0) is 9.49 Å². The first-order valence-electron chi connectivity index (χ1n) is 6.86. The van der Waals surface area contributed by atoms with E-state index in [0.717, 1.165) is 29.7 Å². The minimum atomic E-state index is -0.549. The molecule has 1 aliphatic carbocycles. The number of carbonyl (C=O) groups excluding carboxylic acids is 1. The number of anilines is 1. The molecule has 0 heterocycles. The molecule has 1 amide bonds. The second-order valence-electron chi connectivity index (χ2n) is 5.16. The first-order valence-corrected chi connectivity index (χ1v) is 7.74. The van der Waals surface area contributed by atoms with Gasteiger partial charge in [-0.05, 0) is 36.6 Å². The third kappa shape index (κ3) is 2.76. The van der Waals surface area contributed by atoms with Crippen molar-refractivity contribution in [3.63, 3.8) is 0 Å². The van der Waals surface area contributed by atoms with Crippen LogP contribution in [0.25, 0.3) is 0 Å². The summed E-state index contributed by atoms with van der Waals surface area (Å²) >= 11 is 1.93. The smallest absolute Gasteiger partial charge is 0.250 e. The van der Waals surface area contributed by atoms with Gasteiger partial charge in [-0.15, -0.1) is 0 Å². The van der Waals surface area contributed by atoms with Gasteiger partial charge in [-0.3, -0.25) is 4.79 Å². The lowest BCUT2D eigenvalue weighted by molar-refractivity contribution is 0.100. The Kier molecular flexibility index (Phi) is 4.21. The van der Waals surface area contributed by atoms with Crippen LogP contribution in [0.5, 0.6) is 11.5 Å². The van der Waals surface area contributed by atoms with Crippen LogP contribution >= 0.6 is 23.0 Å². The van der Waals surface area contributed by atoms with E-state index in [2.05, 4.69) is 6.07 Å². The van der Waals surface area contributed by atoms with Crippen molar-refractivity contribution in [2.45, 2.75) is 18.9 Å². The minimum absolute atomic E-state index is 0.112. The van der Waals surface area contributed by atoms with Crippen molar-refractivity contribution in [2.75, 3.05) is 5.73 Å². The molecule has 0 radical (unpaired) electrons. The van der Waals surface area contributed by atoms with E-state index < -0.39 is 5.91 Å². The van der Waals surface area contributed by atoms with Crippen LogP contribution in [0.2, 0.25) is 0 Å². The maximum absolute atomic E-state index is 11.2. The number of hydrogen-bond donors (Lipinski definition) is 2. The molecule has 0 saturated carbocycles. The molecule has 0 aliphatic heterocycles. The van der Waals surface area contributed by atoms with E-state index in [4.69, 9.17) is 19.3 Å². The number of fused-ring (bicyclic) bond motifs is 1. The third-order valence-corrected chi connectivity index (χ3v) is 4.41. The Labute approximate surface area is 142 Å². The molecule has 1 aliphatic rings. The average molecular weight is 410 g/mol. The van der Waals surface area contributed by atoms with Gasteiger partial charge in [0.15, 0.2) is 0 Å². The second-order valence-corrected chi connectivity index (χ2v) is 5.66. The molecule has 2 aromatic rings. The van der Waals surface area contributed by atoms with Gasteiger partial charge in [0, 0.05) is 17.3 Å². The highest BCUT2D eigenvalue weighted by Gasteiger charge is 2.25. The van der Waals surface area contributed by atoms with Crippen molar-refractivity contribution in [3.8, 4) is 11.5 Å². The van der Waals surface area contributed by atoms with Gasteiger partial charge >= 0.3 is 0 Å². The van der Waals surface area contributed by atoms with Crippen LogP contribution in [-0.4, -0.2) is 5.91 Å². The Bertz CT molecular complexity index is 733. The quantitative estimate of drug-likeness (QED) is 0.597. The summed E-state index contributed by atoms with van der Waals surface area (Å²) in [4.78, 5) is 11.2. The maximum Gasteiger partial charge on any atom is 0.250 e. The van der Waals surface area contributed by atoms with Crippen molar-refractivity contribution >= 4 is 34.6 Å². The highest BCUT2D eigenvalue weighted by molar-refractivity contribution is 14.1. The Morgan fingerprint density at radius 3 is 2.77 bits per heavy atom. The van der Waals surface area contributed by atoms with E-state index in [9.17, 15) is 4.79 Å². The summed E-state index contributed by atoms with van der Waals surface area (Å²) in [6.45, 7) is 0. The summed E-state index contributed by atoms with van der Waals surface area (Å²) in [6, 6.07) is 10.8. The van der Waals surface area contributed by atoms with Gasteiger partial charge in [-0.1, -0.05) is 12.1 Å². The molecule has 0 saturated heterocycles. The molecule has 3 rings (SSSR count). The highest BCUT2D eigenvalue weighted by Crippen LogP contribution is 2.41. The van der Waals surface area contributed by atoms with Gasteiger partial charge < -0.3 is 19.3 Å². The zero-order valence-corrected chi connectivity index (χ0v) is 13.9. The van der Waals surface area contributed by atoms with Crippen LogP contribution in [0.4, 0.5) is 5.69 Å². The molecule has 0 aromatic heterocycles. The van der Waals surface area contributed by atoms with Gasteiger partial charge in [-0.25, -0.2) is 0 Å². The first-order chi connectivity index (χ1) is 10.6. The zero-order chi connectivity index (χ0) is 15.7.